The second kappa shape index (κ2) is 3.68. The van der Waals surface area contributed by atoms with Gasteiger partial charge in [-0.1, -0.05) is 0 Å². The third kappa shape index (κ3) is 1.46. The zero-order valence-corrected chi connectivity index (χ0v) is 7.19. The highest BCUT2D eigenvalue weighted by molar-refractivity contribution is 4.94. The average Bonchev–Trinajstić information content (AvgIpc) is 2.43. The van der Waals surface area contributed by atoms with Gasteiger partial charge in [-0.3, -0.25) is 0 Å². The van der Waals surface area contributed by atoms with Crippen LogP contribution in [0.1, 0.15) is 0 Å². The number of ether oxygens (including phenoxy) is 3. The van der Waals surface area contributed by atoms with E-state index in [1.807, 2.05) is 0 Å². The first-order valence-electron chi connectivity index (χ1n) is 3.68. The monoisotopic (exact) mass is 178 g/mol. The molecule has 0 saturated carbocycles. The number of rotatable bonds is 3. The van der Waals surface area contributed by atoms with Gasteiger partial charge in [0.25, 0.3) is 0 Å². The maximum Gasteiger partial charge on any atom is 0.186 e. The molecular weight excluding hydrogens is 164 g/mol. The summed E-state index contributed by atoms with van der Waals surface area (Å²) in [6.07, 6.45) is -1.24. The number of hydrogen-bond acceptors (Lipinski definition) is 5. The third-order valence-electron chi connectivity index (χ3n) is 2.03. The smallest absolute Gasteiger partial charge is 0.186 e. The first kappa shape index (κ1) is 9.88. The summed E-state index contributed by atoms with van der Waals surface area (Å²) in [7, 11) is 2.89. The van der Waals surface area contributed by atoms with Gasteiger partial charge in [-0.25, -0.2) is 0 Å². The van der Waals surface area contributed by atoms with Crippen molar-refractivity contribution < 1.29 is 24.4 Å². The Labute approximate surface area is 70.9 Å². The Morgan fingerprint density at radius 2 is 2.17 bits per heavy atom. The Morgan fingerprint density at radius 3 is 2.58 bits per heavy atom. The molecule has 0 aromatic rings. The molecule has 1 aliphatic heterocycles. The Balaban J connectivity index is 2.68. The summed E-state index contributed by atoms with van der Waals surface area (Å²) in [5.74, 6) is 0. The standard InChI is InChI=1S/C7H14O5/c1-10-5-6(11-2)12-4-7(5,9)3-8/h5-6,8-9H,3-4H2,1-2H3/t5-,6?,7+/m0/s1. The van der Waals surface area contributed by atoms with Crippen molar-refractivity contribution in [1.82, 2.24) is 0 Å². The van der Waals surface area contributed by atoms with Gasteiger partial charge < -0.3 is 24.4 Å². The van der Waals surface area contributed by atoms with Gasteiger partial charge in [0.15, 0.2) is 6.29 Å². The molecule has 2 N–H and O–H groups in total. The van der Waals surface area contributed by atoms with Crippen LogP contribution in [0.4, 0.5) is 0 Å². The minimum absolute atomic E-state index is 0.0283. The molecule has 5 heteroatoms. The fourth-order valence-corrected chi connectivity index (χ4v) is 1.31. The summed E-state index contributed by atoms with van der Waals surface area (Å²) in [5, 5.41) is 18.6. The molecule has 1 rings (SSSR count). The Bertz CT molecular complexity index is 151. The summed E-state index contributed by atoms with van der Waals surface area (Å²) < 4.78 is 14.9. The van der Waals surface area contributed by atoms with E-state index < -0.39 is 24.6 Å². The molecule has 0 bridgehead atoms. The van der Waals surface area contributed by atoms with Crippen molar-refractivity contribution in [3.8, 4) is 0 Å². The van der Waals surface area contributed by atoms with Gasteiger partial charge in [0.2, 0.25) is 0 Å². The van der Waals surface area contributed by atoms with E-state index in [2.05, 4.69) is 0 Å². The van der Waals surface area contributed by atoms with Crippen LogP contribution in [0.2, 0.25) is 0 Å². The first-order chi connectivity index (χ1) is 5.68. The Hall–Kier alpha value is -0.200. The highest BCUT2D eigenvalue weighted by Gasteiger charge is 2.49. The molecule has 0 radical (unpaired) electrons. The second-order valence-corrected chi connectivity index (χ2v) is 2.83. The van der Waals surface area contributed by atoms with Crippen molar-refractivity contribution >= 4 is 0 Å². The van der Waals surface area contributed by atoms with Crippen LogP contribution in [0.3, 0.4) is 0 Å². The zero-order chi connectivity index (χ0) is 9.19. The SMILES string of the molecule is COC1OC[C@](O)(CO)[C@H]1OC. The van der Waals surface area contributed by atoms with Crippen molar-refractivity contribution in [2.45, 2.75) is 18.0 Å². The summed E-state index contributed by atoms with van der Waals surface area (Å²) in [6, 6.07) is 0. The molecule has 1 fully saturated rings. The fourth-order valence-electron chi connectivity index (χ4n) is 1.31. The minimum atomic E-state index is -1.34. The predicted molar refractivity (Wildman–Crippen MR) is 39.6 cm³/mol. The molecule has 0 aromatic heterocycles. The van der Waals surface area contributed by atoms with Crippen LogP contribution in [0.5, 0.6) is 0 Å². The molecule has 0 spiro atoms. The largest absolute Gasteiger partial charge is 0.393 e. The van der Waals surface area contributed by atoms with Gasteiger partial charge >= 0.3 is 0 Å². The predicted octanol–water partition coefficient (Wildman–Crippen LogP) is -1.27. The van der Waals surface area contributed by atoms with Crippen molar-refractivity contribution in [2.24, 2.45) is 0 Å². The second-order valence-electron chi connectivity index (χ2n) is 2.83. The van der Waals surface area contributed by atoms with Crippen LogP contribution in [-0.4, -0.2) is 55.6 Å². The molecule has 12 heavy (non-hydrogen) atoms. The molecule has 0 aliphatic carbocycles. The van der Waals surface area contributed by atoms with Crippen molar-refractivity contribution in [1.29, 1.82) is 0 Å². The molecular formula is C7H14O5. The van der Waals surface area contributed by atoms with Crippen LogP contribution in [-0.2, 0) is 14.2 Å². The lowest BCUT2D eigenvalue weighted by molar-refractivity contribution is -0.158. The van der Waals surface area contributed by atoms with E-state index in [-0.39, 0.29) is 6.61 Å². The molecule has 1 unspecified atom stereocenters. The number of hydrogen-bond donors (Lipinski definition) is 2. The van der Waals surface area contributed by atoms with Crippen molar-refractivity contribution in [3.63, 3.8) is 0 Å². The molecule has 72 valence electrons. The Morgan fingerprint density at radius 1 is 1.50 bits per heavy atom. The fraction of sp³-hybridized carbons (Fsp3) is 1.00. The van der Waals surface area contributed by atoms with Crippen LogP contribution in [0.15, 0.2) is 0 Å². The number of methoxy groups -OCH3 is 2. The molecule has 1 heterocycles. The molecule has 0 aromatic carbocycles. The van der Waals surface area contributed by atoms with E-state index >= 15 is 0 Å². The van der Waals surface area contributed by atoms with Gasteiger partial charge in [-0.05, 0) is 0 Å². The topological polar surface area (TPSA) is 68.2 Å². The van der Waals surface area contributed by atoms with Crippen LogP contribution >= 0.6 is 0 Å². The minimum Gasteiger partial charge on any atom is -0.393 e. The van der Waals surface area contributed by atoms with Gasteiger partial charge in [0, 0.05) is 14.2 Å². The van der Waals surface area contributed by atoms with E-state index in [4.69, 9.17) is 19.3 Å². The van der Waals surface area contributed by atoms with E-state index in [9.17, 15) is 5.11 Å². The highest BCUT2D eigenvalue weighted by Crippen LogP contribution is 2.26. The molecule has 5 nitrogen and oxygen atoms in total. The van der Waals surface area contributed by atoms with Crippen LogP contribution < -0.4 is 0 Å². The van der Waals surface area contributed by atoms with Gasteiger partial charge in [0.05, 0.1) is 13.2 Å². The summed E-state index contributed by atoms with van der Waals surface area (Å²) in [5.41, 5.74) is -1.34. The average molecular weight is 178 g/mol. The molecule has 1 saturated heterocycles. The lowest BCUT2D eigenvalue weighted by Gasteiger charge is -2.26. The lowest BCUT2D eigenvalue weighted by Crippen LogP contribution is -2.48. The van der Waals surface area contributed by atoms with Gasteiger partial charge in [0.1, 0.15) is 11.7 Å². The quantitative estimate of drug-likeness (QED) is 0.564. The Kier molecular flexibility index (Phi) is 3.03. The van der Waals surface area contributed by atoms with E-state index in [1.54, 1.807) is 0 Å². The molecule has 1 aliphatic rings. The maximum absolute atomic E-state index is 9.68. The molecule has 0 amide bonds. The molecule has 3 atom stereocenters. The lowest BCUT2D eigenvalue weighted by atomic mass is 10.0. The summed E-state index contributed by atoms with van der Waals surface area (Å²) in [6.45, 7) is -0.369. The highest BCUT2D eigenvalue weighted by atomic mass is 16.7. The first-order valence-corrected chi connectivity index (χ1v) is 3.68. The van der Waals surface area contributed by atoms with Crippen LogP contribution in [0, 0.1) is 0 Å². The van der Waals surface area contributed by atoms with E-state index in [0.717, 1.165) is 0 Å². The van der Waals surface area contributed by atoms with E-state index in [0.29, 0.717) is 0 Å². The van der Waals surface area contributed by atoms with Crippen LogP contribution in [0.25, 0.3) is 0 Å². The third-order valence-corrected chi connectivity index (χ3v) is 2.03. The summed E-state index contributed by atoms with van der Waals surface area (Å²) in [4.78, 5) is 0. The summed E-state index contributed by atoms with van der Waals surface area (Å²) >= 11 is 0. The number of aliphatic hydroxyl groups is 2. The maximum atomic E-state index is 9.68. The normalized spacial score (nSPS) is 42.0. The number of aliphatic hydroxyl groups excluding tert-OH is 1. The van der Waals surface area contributed by atoms with Crippen molar-refractivity contribution in [2.75, 3.05) is 27.4 Å². The van der Waals surface area contributed by atoms with Gasteiger partial charge in [-0.15, -0.1) is 0 Å². The van der Waals surface area contributed by atoms with Gasteiger partial charge in [-0.2, -0.15) is 0 Å². The van der Waals surface area contributed by atoms with E-state index in [1.165, 1.54) is 14.2 Å². The zero-order valence-electron chi connectivity index (χ0n) is 7.19. The van der Waals surface area contributed by atoms with Crippen molar-refractivity contribution in [3.05, 3.63) is 0 Å².